The zero-order valence-electron chi connectivity index (χ0n) is 8.24. The van der Waals surface area contributed by atoms with Crippen LogP contribution in [-0.2, 0) is 6.54 Å². The summed E-state index contributed by atoms with van der Waals surface area (Å²) in [7, 11) is 0. The van der Waals surface area contributed by atoms with Crippen LogP contribution in [-0.4, -0.2) is 16.0 Å². The van der Waals surface area contributed by atoms with Gasteiger partial charge in [-0.3, -0.25) is 4.98 Å². The van der Waals surface area contributed by atoms with Crippen LogP contribution in [0.15, 0.2) is 12.4 Å². The molecule has 0 radical (unpaired) electrons. The molecule has 1 aliphatic carbocycles. The average molecular weight is 192 g/mol. The predicted molar refractivity (Wildman–Crippen MR) is 55.8 cm³/mol. The fourth-order valence-electron chi connectivity index (χ4n) is 1.90. The van der Waals surface area contributed by atoms with Gasteiger partial charge in [0.15, 0.2) is 0 Å². The summed E-state index contributed by atoms with van der Waals surface area (Å²) < 4.78 is 0. The normalized spacial score (nSPS) is 17.2. The van der Waals surface area contributed by atoms with Crippen molar-refractivity contribution in [3.05, 3.63) is 18.1 Å². The number of anilines is 1. The van der Waals surface area contributed by atoms with Gasteiger partial charge in [-0.1, -0.05) is 12.8 Å². The Morgan fingerprint density at radius 1 is 1.29 bits per heavy atom. The molecule has 4 heteroatoms. The van der Waals surface area contributed by atoms with Crippen LogP contribution in [0.3, 0.4) is 0 Å². The molecule has 4 nitrogen and oxygen atoms in total. The van der Waals surface area contributed by atoms with Crippen molar-refractivity contribution in [2.45, 2.75) is 38.3 Å². The highest BCUT2D eigenvalue weighted by molar-refractivity contribution is 5.40. The second-order valence-corrected chi connectivity index (χ2v) is 3.68. The molecule has 1 aromatic heterocycles. The zero-order valence-corrected chi connectivity index (χ0v) is 8.24. The van der Waals surface area contributed by atoms with Crippen molar-refractivity contribution in [1.29, 1.82) is 0 Å². The van der Waals surface area contributed by atoms with E-state index in [4.69, 9.17) is 5.73 Å². The van der Waals surface area contributed by atoms with E-state index in [9.17, 15) is 0 Å². The summed E-state index contributed by atoms with van der Waals surface area (Å²) in [6.45, 7) is 0.447. The molecule has 1 aliphatic rings. The molecular formula is C10H16N4. The monoisotopic (exact) mass is 192 g/mol. The predicted octanol–water partition coefficient (Wildman–Crippen LogP) is 1.29. The van der Waals surface area contributed by atoms with Gasteiger partial charge in [-0.05, 0) is 12.8 Å². The number of aromatic nitrogens is 2. The molecule has 1 heterocycles. The van der Waals surface area contributed by atoms with Crippen LogP contribution in [0.5, 0.6) is 0 Å². The minimum atomic E-state index is 0.447. The Kier molecular flexibility index (Phi) is 2.93. The van der Waals surface area contributed by atoms with E-state index in [-0.39, 0.29) is 0 Å². The molecule has 14 heavy (non-hydrogen) atoms. The molecule has 1 aromatic rings. The van der Waals surface area contributed by atoms with Gasteiger partial charge in [-0.15, -0.1) is 0 Å². The van der Waals surface area contributed by atoms with Crippen molar-refractivity contribution >= 4 is 5.82 Å². The van der Waals surface area contributed by atoms with Gasteiger partial charge in [0.1, 0.15) is 5.82 Å². The maximum atomic E-state index is 5.58. The number of hydrogen-bond acceptors (Lipinski definition) is 4. The molecule has 0 saturated heterocycles. The van der Waals surface area contributed by atoms with Gasteiger partial charge < -0.3 is 11.1 Å². The summed E-state index contributed by atoms with van der Waals surface area (Å²) in [5.74, 6) is 0.863. The summed E-state index contributed by atoms with van der Waals surface area (Å²) >= 11 is 0. The lowest BCUT2D eigenvalue weighted by molar-refractivity contribution is 0.744. The molecule has 2 rings (SSSR count). The first-order chi connectivity index (χ1) is 6.90. The number of nitrogens with two attached hydrogens (primary N) is 1. The van der Waals surface area contributed by atoms with E-state index in [2.05, 4.69) is 15.3 Å². The molecule has 0 atom stereocenters. The van der Waals surface area contributed by atoms with Gasteiger partial charge in [0.25, 0.3) is 0 Å². The summed E-state index contributed by atoms with van der Waals surface area (Å²) in [4.78, 5) is 8.45. The Morgan fingerprint density at radius 2 is 2.00 bits per heavy atom. The topological polar surface area (TPSA) is 63.8 Å². The van der Waals surface area contributed by atoms with E-state index < -0.39 is 0 Å². The minimum Gasteiger partial charge on any atom is -0.366 e. The third kappa shape index (κ3) is 2.01. The molecule has 76 valence electrons. The van der Waals surface area contributed by atoms with Gasteiger partial charge in [0, 0.05) is 25.0 Å². The van der Waals surface area contributed by atoms with Crippen LogP contribution >= 0.6 is 0 Å². The van der Waals surface area contributed by atoms with Crippen LogP contribution < -0.4 is 11.1 Å². The van der Waals surface area contributed by atoms with Gasteiger partial charge in [-0.25, -0.2) is 4.98 Å². The van der Waals surface area contributed by atoms with Crippen molar-refractivity contribution in [1.82, 2.24) is 9.97 Å². The average Bonchev–Trinajstić information content (AvgIpc) is 2.71. The molecule has 0 aromatic carbocycles. The highest BCUT2D eigenvalue weighted by atomic mass is 15.0. The third-order valence-corrected chi connectivity index (χ3v) is 2.66. The summed E-state index contributed by atoms with van der Waals surface area (Å²) in [6, 6.07) is 0.567. The highest BCUT2D eigenvalue weighted by Gasteiger charge is 2.16. The Bertz CT molecular complexity index is 294. The number of nitrogens with one attached hydrogen (secondary N) is 1. The maximum Gasteiger partial charge on any atom is 0.149 e. The van der Waals surface area contributed by atoms with Gasteiger partial charge in [0.05, 0.1) is 5.69 Å². The third-order valence-electron chi connectivity index (χ3n) is 2.66. The van der Waals surface area contributed by atoms with Gasteiger partial charge in [-0.2, -0.15) is 0 Å². The van der Waals surface area contributed by atoms with Crippen molar-refractivity contribution in [3.8, 4) is 0 Å². The first-order valence-electron chi connectivity index (χ1n) is 5.16. The van der Waals surface area contributed by atoms with Crippen molar-refractivity contribution in [2.24, 2.45) is 5.73 Å². The quantitative estimate of drug-likeness (QED) is 0.757. The second kappa shape index (κ2) is 4.37. The lowest BCUT2D eigenvalue weighted by atomic mass is 10.2. The van der Waals surface area contributed by atoms with Crippen LogP contribution in [0.25, 0.3) is 0 Å². The van der Waals surface area contributed by atoms with Gasteiger partial charge >= 0.3 is 0 Å². The molecule has 1 saturated carbocycles. The van der Waals surface area contributed by atoms with Crippen LogP contribution in [0, 0.1) is 0 Å². The Balaban J connectivity index is 2.07. The summed E-state index contributed by atoms with van der Waals surface area (Å²) in [6.07, 6.45) is 8.49. The fraction of sp³-hybridized carbons (Fsp3) is 0.600. The molecule has 0 bridgehead atoms. The lowest BCUT2D eigenvalue weighted by Gasteiger charge is -2.14. The Hall–Kier alpha value is -1.16. The first kappa shape index (κ1) is 9.40. The molecule has 0 spiro atoms. The van der Waals surface area contributed by atoms with Crippen LogP contribution in [0.2, 0.25) is 0 Å². The SMILES string of the molecule is NCc1nccnc1NC1CCCC1. The minimum absolute atomic E-state index is 0.447. The van der Waals surface area contributed by atoms with Crippen LogP contribution in [0.4, 0.5) is 5.82 Å². The van der Waals surface area contributed by atoms with Crippen molar-refractivity contribution in [2.75, 3.05) is 5.32 Å². The van der Waals surface area contributed by atoms with Crippen molar-refractivity contribution in [3.63, 3.8) is 0 Å². The Labute approximate surface area is 83.9 Å². The van der Waals surface area contributed by atoms with Crippen molar-refractivity contribution < 1.29 is 0 Å². The van der Waals surface area contributed by atoms with E-state index in [1.54, 1.807) is 12.4 Å². The molecule has 0 amide bonds. The smallest absolute Gasteiger partial charge is 0.149 e. The number of nitrogens with zero attached hydrogens (tertiary/aromatic N) is 2. The molecular weight excluding hydrogens is 176 g/mol. The fourth-order valence-corrected chi connectivity index (χ4v) is 1.90. The van der Waals surface area contributed by atoms with E-state index in [1.807, 2.05) is 0 Å². The van der Waals surface area contributed by atoms with E-state index in [1.165, 1.54) is 25.7 Å². The van der Waals surface area contributed by atoms with E-state index in [0.717, 1.165) is 11.5 Å². The highest BCUT2D eigenvalue weighted by Crippen LogP contribution is 2.22. The standard InChI is InChI=1S/C10H16N4/c11-7-9-10(13-6-5-12-9)14-8-3-1-2-4-8/h5-6,8H,1-4,7,11H2,(H,13,14). The second-order valence-electron chi connectivity index (χ2n) is 3.68. The van der Waals surface area contributed by atoms with Crippen LogP contribution in [0.1, 0.15) is 31.4 Å². The zero-order chi connectivity index (χ0) is 9.80. The number of rotatable bonds is 3. The lowest BCUT2D eigenvalue weighted by Crippen LogP contribution is -2.18. The molecule has 3 N–H and O–H groups in total. The summed E-state index contributed by atoms with van der Waals surface area (Å²) in [5.41, 5.74) is 6.44. The molecule has 1 fully saturated rings. The molecule has 0 aliphatic heterocycles. The largest absolute Gasteiger partial charge is 0.366 e. The van der Waals surface area contributed by atoms with E-state index in [0.29, 0.717) is 12.6 Å². The Morgan fingerprint density at radius 3 is 2.71 bits per heavy atom. The van der Waals surface area contributed by atoms with E-state index >= 15 is 0 Å². The van der Waals surface area contributed by atoms with Gasteiger partial charge in [0.2, 0.25) is 0 Å². The molecule has 0 unspecified atom stereocenters. The summed E-state index contributed by atoms with van der Waals surface area (Å²) in [5, 5.41) is 3.41. The maximum absolute atomic E-state index is 5.58. The number of hydrogen-bond donors (Lipinski definition) is 2. The first-order valence-corrected chi connectivity index (χ1v) is 5.16.